The van der Waals surface area contributed by atoms with Crippen molar-refractivity contribution in [2.45, 2.75) is 200 Å². The molecule has 0 aromatic heterocycles. The fourth-order valence-corrected chi connectivity index (χ4v) is 5.60. The van der Waals surface area contributed by atoms with Gasteiger partial charge in [0.1, 0.15) is 6.61 Å². The molecule has 0 radical (unpaired) electrons. The van der Waals surface area contributed by atoms with Crippen LogP contribution in [0, 0.1) is 0 Å². The number of carbonyl (C=O) groups is 2. The lowest BCUT2D eigenvalue weighted by atomic mass is 10.0. The normalized spacial score (nSPS) is 12.6. The molecule has 0 saturated carbocycles. The summed E-state index contributed by atoms with van der Waals surface area (Å²) in [7, 11) is 0. The van der Waals surface area contributed by atoms with Crippen molar-refractivity contribution in [3.8, 4) is 0 Å². The minimum absolute atomic E-state index is 0.0812. The zero-order valence-corrected chi connectivity index (χ0v) is 31.5. The van der Waals surface area contributed by atoms with E-state index in [2.05, 4.69) is 62.5 Å². The third kappa shape index (κ3) is 36.7. The lowest BCUT2D eigenvalue weighted by Gasteiger charge is -2.15. The van der Waals surface area contributed by atoms with Gasteiger partial charge in [-0.2, -0.15) is 0 Å². The molecule has 0 aromatic rings. The Morgan fingerprint density at radius 2 is 0.896 bits per heavy atom. The van der Waals surface area contributed by atoms with Gasteiger partial charge in [-0.3, -0.25) is 9.59 Å². The van der Waals surface area contributed by atoms with Gasteiger partial charge in [-0.1, -0.05) is 178 Å². The van der Waals surface area contributed by atoms with Crippen LogP contribution in [0.3, 0.4) is 0 Å². The van der Waals surface area contributed by atoms with Crippen LogP contribution < -0.4 is 0 Å². The first-order chi connectivity index (χ1) is 23.6. The van der Waals surface area contributed by atoms with Gasteiger partial charge in [-0.15, -0.1) is 0 Å². The largest absolute Gasteiger partial charge is 0.462 e. The molecule has 0 aliphatic carbocycles. The molecule has 0 fully saturated rings. The highest BCUT2D eigenvalue weighted by Gasteiger charge is 2.16. The van der Waals surface area contributed by atoms with Gasteiger partial charge in [-0.25, -0.2) is 0 Å². The number of ether oxygens (including phenoxy) is 2. The van der Waals surface area contributed by atoms with Gasteiger partial charge >= 0.3 is 11.9 Å². The topological polar surface area (TPSA) is 72.8 Å². The van der Waals surface area contributed by atoms with Crippen LogP contribution in [0.15, 0.2) is 48.6 Å². The van der Waals surface area contributed by atoms with Crippen LogP contribution in [0.2, 0.25) is 0 Å². The summed E-state index contributed by atoms with van der Waals surface area (Å²) in [6.07, 6.45) is 48.9. The number of rotatable bonds is 36. The lowest BCUT2D eigenvalue weighted by molar-refractivity contribution is -0.161. The van der Waals surface area contributed by atoms with Crippen LogP contribution in [0.5, 0.6) is 0 Å². The van der Waals surface area contributed by atoms with Crippen molar-refractivity contribution in [2.75, 3.05) is 13.2 Å². The van der Waals surface area contributed by atoms with Crippen molar-refractivity contribution in [1.82, 2.24) is 0 Å². The van der Waals surface area contributed by atoms with Crippen LogP contribution in [-0.4, -0.2) is 36.4 Å². The molecule has 0 spiro atoms. The summed E-state index contributed by atoms with van der Waals surface area (Å²) in [6.45, 7) is 3.99. The van der Waals surface area contributed by atoms with E-state index in [-0.39, 0.29) is 25.2 Å². The van der Waals surface area contributed by atoms with Crippen molar-refractivity contribution >= 4 is 11.9 Å². The van der Waals surface area contributed by atoms with Crippen LogP contribution in [0.1, 0.15) is 194 Å². The van der Waals surface area contributed by atoms with E-state index in [1.165, 1.54) is 103 Å². The molecule has 0 rings (SSSR count). The summed E-state index contributed by atoms with van der Waals surface area (Å²) in [5.74, 6) is -0.636. The second-order valence-electron chi connectivity index (χ2n) is 13.3. The highest BCUT2D eigenvalue weighted by Crippen LogP contribution is 2.15. The molecule has 0 bridgehead atoms. The number of carbonyl (C=O) groups excluding carboxylic acids is 2. The van der Waals surface area contributed by atoms with E-state index in [1.807, 2.05) is 0 Å². The van der Waals surface area contributed by atoms with E-state index >= 15 is 0 Å². The molecule has 1 N–H and O–H groups in total. The Morgan fingerprint density at radius 1 is 0.500 bits per heavy atom. The van der Waals surface area contributed by atoms with E-state index in [4.69, 9.17) is 9.47 Å². The first-order valence-electron chi connectivity index (χ1n) is 20.2. The maximum Gasteiger partial charge on any atom is 0.306 e. The minimum Gasteiger partial charge on any atom is -0.462 e. The molecule has 5 heteroatoms. The van der Waals surface area contributed by atoms with Crippen LogP contribution in [0.25, 0.3) is 0 Å². The average Bonchev–Trinajstić information content (AvgIpc) is 3.09. The molecule has 0 heterocycles. The summed E-state index contributed by atoms with van der Waals surface area (Å²) >= 11 is 0. The van der Waals surface area contributed by atoms with Crippen molar-refractivity contribution in [3.63, 3.8) is 0 Å². The van der Waals surface area contributed by atoms with Crippen LogP contribution in [0.4, 0.5) is 0 Å². The van der Waals surface area contributed by atoms with Gasteiger partial charge in [0.2, 0.25) is 0 Å². The second-order valence-corrected chi connectivity index (χ2v) is 13.3. The summed E-state index contributed by atoms with van der Waals surface area (Å²) < 4.78 is 10.6. The van der Waals surface area contributed by atoms with Crippen molar-refractivity contribution in [2.24, 2.45) is 0 Å². The van der Waals surface area contributed by atoms with E-state index < -0.39 is 6.10 Å². The van der Waals surface area contributed by atoms with E-state index in [1.54, 1.807) is 0 Å². The van der Waals surface area contributed by atoms with Gasteiger partial charge in [-0.05, 0) is 51.4 Å². The third-order valence-corrected chi connectivity index (χ3v) is 8.64. The Labute approximate surface area is 297 Å². The molecule has 0 aliphatic rings. The first kappa shape index (κ1) is 45.9. The molecule has 1 atom stereocenters. The quantitative estimate of drug-likeness (QED) is 0.0407. The van der Waals surface area contributed by atoms with Gasteiger partial charge < -0.3 is 14.6 Å². The van der Waals surface area contributed by atoms with Gasteiger partial charge in [0.15, 0.2) is 6.10 Å². The number of unbranched alkanes of at least 4 members (excludes halogenated alkanes) is 20. The monoisotopic (exact) mass is 673 g/mol. The minimum atomic E-state index is -0.791. The molecule has 0 aromatic carbocycles. The highest BCUT2D eigenvalue weighted by molar-refractivity contribution is 5.70. The Balaban J connectivity index is 3.58. The molecule has 0 aliphatic heterocycles. The van der Waals surface area contributed by atoms with E-state index in [0.717, 1.165) is 64.2 Å². The first-order valence-corrected chi connectivity index (χ1v) is 20.2. The molecule has 0 amide bonds. The maximum atomic E-state index is 12.1. The number of aliphatic hydroxyl groups excluding tert-OH is 1. The van der Waals surface area contributed by atoms with Crippen molar-refractivity contribution < 1.29 is 24.2 Å². The van der Waals surface area contributed by atoms with Crippen molar-refractivity contribution in [3.05, 3.63) is 48.6 Å². The molecule has 5 nitrogen and oxygen atoms in total. The van der Waals surface area contributed by atoms with E-state index in [9.17, 15) is 14.7 Å². The summed E-state index contributed by atoms with van der Waals surface area (Å²) in [5.41, 5.74) is 0. The number of hydrogen-bond acceptors (Lipinski definition) is 5. The zero-order valence-electron chi connectivity index (χ0n) is 31.5. The Morgan fingerprint density at radius 3 is 1.35 bits per heavy atom. The predicted octanol–water partition coefficient (Wildman–Crippen LogP) is 12.6. The smallest absolute Gasteiger partial charge is 0.306 e. The van der Waals surface area contributed by atoms with Gasteiger partial charge in [0.05, 0.1) is 6.61 Å². The molecule has 0 saturated heterocycles. The van der Waals surface area contributed by atoms with E-state index in [0.29, 0.717) is 12.8 Å². The van der Waals surface area contributed by atoms with Gasteiger partial charge in [0.25, 0.3) is 0 Å². The Hall–Kier alpha value is -2.14. The van der Waals surface area contributed by atoms with Gasteiger partial charge in [0, 0.05) is 12.8 Å². The Kier molecular flexibility index (Phi) is 37.5. The molecular weight excluding hydrogens is 596 g/mol. The van der Waals surface area contributed by atoms with Crippen LogP contribution >= 0.6 is 0 Å². The average molecular weight is 673 g/mol. The summed E-state index contributed by atoms with van der Waals surface area (Å²) in [6, 6.07) is 0. The standard InChI is InChI=1S/C43H76O5/c1-3-5-7-9-11-13-15-17-19-20-21-22-24-25-27-29-31-33-35-37-42(45)47-40-41(39-44)48-43(46)38-36-34-32-30-28-26-23-18-16-14-12-10-8-6-4-2/h6,8,12,14,18,23,28,30,41,44H,3-5,7,9-11,13,15-17,19-22,24-27,29,31-40H2,1-2H3/b8-6-,14-12-,23-18-,30-28-/t41-/m0/s1. The van der Waals surface area contributed by atoms with Crippen molar-refractivity contribution in [1.29, 1.82) is 0 Å². The summed E-state index contributed by atoms with van der Waals surface area (Å²) in [4.78, 5) is 24.2. The lowest BCUT2D eigenvalue weighted by Crippen LogP contribution is -2.28. The van der Waals surface area contributed by atoms with Crippen LogP contribution in [-0.2, 0) is 19.1 Å². The number of esters is 2. The predicted molar refractivity (Wildman–Crippen MR) is 205 cm³/mol. The molecule has 278 valence electrons. The number of allylic oxidation sites excluding steroid dienone is 8. The fraction of sp³-hybridized carbons (Fsp3) is 0.767. The Bertz CT molecular complexity index is 812. The third-order valence-electron chi connectivity index (χ3n) is 8.64. The molecule has 48 heavy (non-hydrogen) atoms. The molecule has 0 unspecified atom stereocenters. The number of hydrogen-bond donors (Lipinski definition) is 1. The highest BCUT2D eigenvalue weighted by atomic mass is 16.6. The number of aliphatic hydroxyl groups is 1. The molecular formula is C43H76O5. The summed E-state index contributed by atoms with van der Waals surface area (Å²) in [5, 5.41) is 9.55. The zero-order chi connectivity index (χ0) is 35.0. The second kappa shape index (κ2) is 39.3. The fourth-order valence-electron chi connectivity index (χ4n) is 5.60. The maximum absolute atomic E-state index is 12.1. The SMILES string of the molecule is CC/C=C\C/C=C\C/C=C\C/C=C\CCCCC(=O)O[C@@H](CO)COC(=O)CCCCCCCCCCCCCCCCCCCCC.